The number of esters is 1. The van der Waals surface area contributed by atoms with Gasteiger partial charge < -0.3 is 19.8 Å². The third-order valence-corrected chi connectivity index (χ3v) is 4.68. The zero-order chi connectivity index (χ0) is 22.1. The SMILES string of the molecule is CC(C)c1ccc(CCNC(=O)COC(=O)[C@@H](NC(=O)c2ccco2)C(C)C)cc1. The van der Waals surface area contributed by atoms with Gasteiger partial charge in [-0.3, -0.25) is 9.59 Å². The van der Waals surface area contributed by atoms with E-state index in [4.69, 9.17) is 9.15 Å². The molecule has 1 aromatic carbocycles. The molecule has 0 aliphatic rings. The fourth-order valence-electron chi connectivity index (χ4n) is 2.81. The highest BCUT2D eigenvalue weighted by atomic mass is 16.5. The summed E-state index contributed by atoms with van der Waals surface area (Å²) in [6.07, 6.45) is 2.06. The molecule has 0 bridgehead atoms. The van der Waals surface area contributed by atoms with Gasteiger partial charge in [-0.05, 0) is 41.5 Å². The Morgan fingerprint density at radius 1 is 1.03 bits per heavy atom. The summed E-state index contributed by atoms with van der Waals surface area (Å²) in [5.41, 5.74) is 2.39. The molecule has 7 heteroatoms. The number of nitrogens with one attached hydrogen (secondary N) is 2. The van der Waals surface area contributed by atoms with Gasteiger partial charge in [0, 0.05) is 6.54 Å². The van der Waals surface area contributed by atoms with Crippen LogP contribution < -0.4 is 10.6 Å². The van der Waals surface area contributed by atoms with Crippen molar-refractivity contribution in [1.29, 1.82) is 0 Å². The summed E-state index contributed by atoms with van der Waals surface area (Å²) in [6.45, 7) is 7.88. The van der Waals surface area contributed by atoms with Crippen LogP contribution in [0.15, 0.2) is 47.1 Å². The van der Waals surface area contributed by atoms with Crippen LogP contribution in [0.5, 0.6) is 0 Å². The Balaban J connectivity index is 1.75. The summed E-state index contributed by atoms with van der Waals surface area (Å²) < 4.78 is 10.1. The number of carbonyl (C=O) groups excluding carboxylic acids is 3. The lowest BCUT2D eigenvalue weighted by Gasteiger charge is -2.20. The fourth-order valence-corrected chi connectivity index (χ4v) is 2.81. The van der Waals surface area contributed by atoms with Gasteiger partial charge >= 0.3 is 5.97 Å². The maximum absolute atomic E-state index is 12.3. The monoisotopic (exact) mass is 414 g/mol. The summed E-state index contributed by atoms with van der Waals surface area (Å²) >= 11 is 0. The molecule has 2 aromatic rings. The Morgan fingerprint density at radius 3 is 2.30 bits per heavy atom. The predicted octanol–water partition coefficient (Wildman–Crippen LogP) is 3.06. The van der Waals surface area contributed by atoms with Crippen LogP contribution in [0.25, 0.3) is 0 Å². The smallest absolute Gasteiger partial charge is 0.329 e. The summed E-state index contributed by atoms with van der Waals surface area (Å²) in [7, 11) is 0. The minimum absolute atomic E-state index is 0.104. The first kappa shape index (κ1) is 23.2. The average molecular weight is 415 g/mol. The van der Waals surface area contributed by atoms with Crippen LogP contribution in [-0.4, -0.2) is 37.0 Å². The van der Waals surface area contributed by atoms with Crippen LogP contribution in [0.4, 0.5) is 0 Å². The van der Waals surface area contributed by atoms with Crippen molar-refractivity contribution in [3.8, 4) is 0 Å². The zero-order valence-corrected chi connectivity index (χ0v) is 17.9. The van der Waals surface area contributed by atoms with Gasteiger partial charge in [-0.1, -0.05) is 52.0 Å². The molecule has 2 amide bonds. The molecule has 0 fully saturated rings. The van der Waals surface area contributed by atoms with E-state index < -0.39 is 24.5 Å². The lowest BCUT2D eigenvalue weighted by Crippen LogP contribution is -2.46. The number of ether oxygens (including phenoxy) is 1. The number of hydrogen-bond acceptors (Lipinski definition) is 5. The standard InChI is InChI=1S/C23H30N2O5/c1-15(2)18-9-7-17(8-10-18)11-12-24-20(26)14-30-23(28)21(16(3)4)25-22(27)19-6-5-13-29-19/h5-10,13,15-16,21H,11-12,14H2,1-4H3,(H,24,26)(H,25,27)/t21-/m0/s1. The van der Waals surface area contributed by atoms with Crippen LogP contribution in [0.3, 0.4) is 0 Å². The molecule has 0 spiro atoms. The minimum Gasteiger partial charge on any atom is -0.459 e. The van der Waals surface area contributed by atoms with Crippen molar-refractivity contribution in [1.82, 2.24) is 10.6 Å². The molecule has 7 nitrogen and oxygen atoms in total. The van der Waals surface area contributed by atoms with Crippen LogP contribution in [0.1, 0.15) is 55.3 Å². The lowest BCUT2D eigenvalue weighted by molar-refractivity contribution is -0.151. The Morgan fingerprint density at radius 2 is 1.73 bits per heavy atom. The lowest BCUT2D eigenvalue weighted by atomic mass is 10.0. The first-order valence-electron chi connectivity index (χ1n) is 10.1. The highest BCUT2D eigenvalue weighted by Gasteiger charge is 2.27. The quantitative estimate of drug-likeness (QED) is 0.583. The molecule has 1 aromatic heterocycles. The molecule has 2 N–H and O–H groups in total. The topological polar surface area (TPSA) is 97.6 Å². The molecular weight excluding hydrogens is 384 g/mol. The van der Waals surface area contributed by atoms with E-state index in [0.717, 1.165) is 5.56 Å². The molecule has 0 radical (unpaired) electrons. The first-order chi connectivity index (χ1) is 14.3. The molecule has 0 unspecified atom stereocenters. The van der Waals surface area contributed by atoms with Crippen LogP contribution in [-0.2, 0) is 20.7 Å². The molecule has 0 aliphatic carbocycles. The zero-order valence-electron chi connectivity index (χ0n) is 17.9. The van der Waals surface area contributed by atoms with Gasteiger partial charge in [0.1, 0.15) is 6.04 Å². The minimum atomic E-state index is -0.880. The number of furan rings is 1. The van der Waals surface area contributed by atoms with Crippen LogP contribution in [0.2, 0.25) is 0 Å². The number of rotatable bonds is 10. The number of hydrogen-bond donors (Lipinski definition) is 2. The summed E-state index contributed by atoms with van der Waals surface area (Å²) in [5.74, 6) is -1.19. The number of amides is 2. The molecule has 0 saturated carbocycles. The second-order valence-electron chi connectivity index (χ2n) is 7.78. The van der Waals surface area contributed by atoms with E-state index >= 15 is 0 Å². The molecule has 162 valence electrons. The van der Waals surface area contributed by atoms with Crippen molar-refractivity contribution in [2.75, 3.05) is 13.2 Å². The Hall–Kier alpha value is -3.09. The van der Waals surface area contributed by atoms with E-state index in [1.165, 1.54) is 17.9 Å². The Bertz CT molecular complexity index is 826. The fraction of sp³-hybridized carbons (Fsp3) is 0.435. The van der Waals surface area contributed by atoms with Gasteiger partial charge in [-0.25, -0.2) is 4.79 Å². The molecule has 0 aliphatic heterocycles. The largest absolute Gasteiger partial charge is 0.459 e. The van der Waals surface area contributed by atoms with Gasteiger partial charge in [0.25, 0.3) is 11.8 Å². The molecule has 2 rings (SSSR count). The van der Waals surface area contributed by atoms with Gasteiger partial charge in [0.05, 0.1) is 6.26 Å². The number of benzene rings is 1. The molecule has 1 atom stereocenters. The third-order valence-electron chi connectivity index (χ3n) is 4.68. The third kappa shape index (κ3) is 7.06. The second kappa shape index (κ2) is 11.2. The van der Waals surface area contributed by atoms with Crippen LogP contribution in [0, 0.1) is 5.92 Å². The van der Waals surface area contributed by atoms with E-state index in [1.807, 2.05) is 0 Å². The van der Waals surface area contributed by atoms with Crippen molar-refractivity contribution in [3.63, 3.8) is 0 Å². The van der Waals surface area contributed by atoms with E-state index in [2.05, 4.69) is 48.7 Å². The molecule has 1 heterocycles. The average Bonchev–Trinajstić information content (AvgIpc) is 3.25. The predicted molar refractivity (Wildman–Crippen MR) is 113 cm³/mol. The summed E-state index contributed by atoms with van der Waals surface area (Å²) in [4.78, 5) is 36.4. The second-order valence-corrected chi connectivity index (χ2v) is 7.78. The Kier molecular flexibility index (Phi) is 8.65. The Labute approximate surface area is 177 Å². The highest BCUT2D eigenvalue weighted by molar-refractivity contribution is 5.94. The molecular formula is C23H30N2O5. The van der Waals surface area contributed by atoms with Crippen molar-refractivity contribution in [3.05, 3.63) is 59.5 Å². The normalized spacial score (nSPS) is 11.9. The van der Waals surface area contributed by atoms with E-state index in [1.54, 1.807) is 19.9 Å². The van der Waals surface area contributed by atoms with Gasteiger partial charge in [0.2, 0.25) is 0 Å². The van der Waals surface area contributed by atoms with Gasteiger partial charge in [-0.15, -0.1) is 0 Å². The molecule has 30 heavy (non-hydrogen) atoms. The van der Waals surface area contributed by atoms with Crippen molar-refractivity contribution < 1.29 is 23.5 Å². The van der Waals surface area contributed by atoms with E-state index in [-0.39, 0.29) is 17.6 Å². The first-order valence-corrected chi connectivity index (χ1v) is 10.1. The van der Waals surface area contributed by atoms with Gasteiger partial charge in [-0.2, -0.15) is 0 Å². The number of carbonyl (C=O) groups is 3. The van der Waals surface area contributed by atoms with E-state index in [0.29, 0.717) is 18.9 Å². The highest BCUT2D eigenvalue weighted by Crippen LogP contribution is 2.14. The van der Waals surface area contributed by atoms with Crippen molar-refractivity contribution in [2.45, 2.75) is 46.1 Å². The maximum atomic E-state index is 12.3. The summed E-state index contributed by atoms with van der Waals surface area (Å²) in [5, 5.41) is 5.32. The van der Waals surface area contributed by atoms with Crippen LogP contribution >= 0.6 is 0 Å². The van der Waals surface area contributed by atoms with E-state index in [9.17, 15) is 14.4 Å². The molecule has 0 saturated heterocycles. The maximum Gasteiger partial charge on any atom is 0.329 e. The van der Waals surface area contributed by atoms with Crippen molar-refractivity contribution in [2.24, 2.45) is 5.92 Å². The van der Waals surface area contributed by atoms with Crippen molar-refractivity contribution >= 4 is 17.8 Å². The summed E-state index contributed by atoms with van der Waals surface area (Å²) in [6, 6.07) is 10.5. The van der Waals surface area contributed by atoms with Gasteiger partial charge in [0.15, 0.2) is 12.4 Å².